The van der Waals surface area contributed by atoms with Crippen molar-refractivity contribution in [2.24, 2.45) is 0 Å². The van der Waals surface area contributed by atoms with Gasteiger partial charge in [0, 0.05) is 16.6 Å². The highest BCUT2D eigenvalue weighted by molar-refractivity contribution is 9.10. The third-order valence-corrected chi connectivity index (χ3v) is 3.40. The summed E-state index contributed by atoms with van der Waals surface area (Å²) in [6, 6.07) is 7.48. The second-order valence-electron chi connectivity index (χ2n) is 4.53. The molecular weight excluding hydrogens is 290 g/mol. The van der Waals surface area contributed by atoms with Crippen molar-refractivity contribution >= 4 is 21.8 Å². The Bertz CT molecular complexity index is 365. The molecule has 100 valence electrons. The Kier molecular flexibility index (Phi) is 7.74. The number of nitrogens with one attached hydrogen (secondary N) is 1. The van der Waals surface area contributed by atoms with E-state index in [1.54, 1.807) is 0 Å². The fraction of sp³-hybridized carbons (Fsp3) is 0.533. The lowest BCUT2D eigenvalue weighted by atomic mass is 10.1. The summed E-state index contributed by atoms with van der Waals surface area (Å²) in [5.41, 5.74) is 0.718. The second kappa shape index (κ2) is 9.15. The van der Waals surface area contributed by atoms with Crippen molar-refractivity contribution in [3.63, 3.8) is 0 Å². The first kappa shape index (κ1) is 15.2. The first-order valence-electron chi connectivity index (χ1n) is 6.78. The number of hydrogen-bond donors (Lipinski definition) is 1. The molecule has 1 rings (SSSR count). The van der Waals surface area contributed by atoms with Crippen LogP contribution in [0.3, 0.4) is 0 Å². The maximum Gasteiger partial charge on any atom is 0.251 e. The van der Waals surface area contributed by atoms with Gasteiger partial charge in [0.2, 0.25) is 0 Å². The molecule has 0 aliphatic carbocycles. The van der Waals surface area contributed by atoms with Crippen LogP contribution in [0.1, 0.15) is 55.8 Å². The van der Waals surface area contributed by atoms with Crippen LogP contribution in [-0.4, -0.2) is 12.5 Å². The van der Waals surface area contributed by atoms with E-state index in [1.165, 1.54) is 32.1 Å². The molecule has 18 heavy (non-hydrogen) atoms. The van der Waals surface area contributed by atoms with E-state index in [4.69, 9.17) is 0 Å². The van der Waals surface area contributed by atoms with Crippen LogP contribution in [0.25, 0.3) is 0 Å². The first-order chi connectivity index (χ1) is 8.74. The van der Waals surface area contributed by atoms with Crippen molar-refractivity contribution in [1.29, 1.82) is 0 Å². The molecule has 0 saturated heterocycles. The topological polar surface area (TPSA) is 29.1 Å². The molecule has 1 aromatic rings. The van der Waals surface area contributed by atoms with E-state index in [9.17, 15) is 4.79 Å². The lowest BCUT2D eigenvalue weighted by molar-refractivity contribution is 0.0953. The molecule has 0 bridgehead atoms. The van der Waals surface area contributed by atoms with Crippen LogP contribution in [0.2, 0.25) is 0 Å². The highest BCUT2D eigenvalue weighted by Gasteiger charge is 2.04. The minimum absolute atomic E-state index is 0.0184. The third-order valence-electron chi connectivity index (χ3n) is 2.90. The Morgan fingerprint density at radius 2 is 1.89 bits per heavy atom. The van der Waals surface area contributed by atoms with Gasteiger partial charge in [0.1, 0.15) is 0 Å². The maximum atomic E-state index is 11.8. The summed E-state index contributed by atoms with van der Waals surface area (Å²) in [5, 5.41) is 2.96. The Labute approximate surface area is 118 Å². The Morgan fingerprint density at radius 3 is 2.61 bits per heavy atom. The van der Waals surface area contributed by atoms with Gasteiger partial charge in [-0.3, -0.25) is 4.79 Å². The van der Waals surface area contributed by atoms with Crippen LogP contribution in [0.5, 0.6) is 0 Å². The van der Waals surface area contributed by atoms with Crippen molar-refractivity contribution in [3.05, 3.63) is 34.3 Å². The molecule has 0 heterocycles. The molecule has 1 amide bonds. The van der Waals surface area contributed by atoms with Gasteiger partial charge in [0.15, 0.2) is 0 Å². The zero-order valence-corrected chi connectivity index (χ0v) is 12.6. The number of carbonyl (C=O) groups is 1. The molecule has 1 N–H and O–H groups in total. The second-order valence-corrected chi connectivity index (χ2v) is 5.45. The van der Waals surface area contributed by atoms with Crippen LogP contribution in [-0.2, 0) is 0 Å². The zero-order valence-electron chi connectivity index (χ0n) is 11.0. The molecule has 3 heteroatoms. The SMILES string of the molecule is CCCCCCCCNC(=O)c1cccc(Br)c1. The summed E-state index contributed by atoms with van der Waals surface area (Å²) in [7, 11) is 0. The average Bonchev–Trinajstić information content (AvgIpc) is 2.37. The molecule has 0 radical (unpaired) electrons. The minimum atomic E-state index is 0.0184. The lowest BCUT2D eigenvalue weighted by Crippen LogP contribution is -2.24. The molecule has 0 saturated carbocycles. The zero-order chi connectivity index (χ0) is 13.2. The van der Waals surface area contributed by atoms with Crippen molar-refractivity contribution in [3.8, 4) is 0 Å². The van der Waals surface area contributed by atoms with E-state index in [2.05, 4.69) is 28.2 Å². The Balaban J connectivity index is 2.14. The van der Waals surface area contributed by atoms with Gasteiger partial charge in [-0.05, 0) is 24.6 Å². The molecule has 0 atom stereocenters. The number of rotatable bonds is 8. The molecule has 0 aliphatic rings. The largest absolute Gasteiger partial charge is 0.352 e. The van der Waals surface area contributed by atoms with Gasteiger partial charge in [-0.25, -0.2) is 0 Å². The predicted octanol–water partition coefficient (Wildman–Crippen LogP) is 4.54. The van der Waals surface area contributed by atoms with Crippen molar-refractivity contribution in [2.75, 3.05) is 6.54 Å². The van der Waals surface area contributed by atoms with Gasteiger partial charge in [-0.15, -0.1) is 0 Å². The van der Waals surface area contributed by atoms with Gasteiger partial charge in [0.05, 0.1) is 0 Å². The number of hydrogen-bond acceptors (Lipinski definition) is 1. The van der Waals surface area contributed by atoms with Crippen molar-refractivity contribution in [2.45, 2.75) is 45.4 Å². The van der Waals surface area contributed by atoms with Crippen LogP contribution >= 0.6 is 15.9 Å². The number of unbranched alkanes of at least 4 members (excludes halogenated alkanes) is 5. The lowest BCUT2D eigenvalue weighted by Gasteiger charge is -2.05. The molecule has 0 spiro atoms. The fourth-order valence-electron chi connectivity index (χ4n) is 1.84. The highest BCUT2D eigenvalue weighted by Crippen LogP contribution is 2.11. The number of benzene rings is 1. The standard InChI is InChI=1S/C15H22BrNO/c1-2-3-4-5-6-7-11-17-15(18)13-9-8-10-14(16)12-13/h8-10,12H,2-7,11H2,1H3,(H,17,18). The van der Waals surface area contributed by atoms with Crippen LogP contribution in [0.15, 0.2) is 28.7 Å². The van der Waals surface area contributed by atoms with Gasteiger partial charge < -0.3 is 5.32 Å². The Hall–Kier alpha value is -0.830. The predicted molar refractivity (Wildman–Crippen MR) is 79.9 cm³/mol. The summed E-state index contributed by atoms with van der Waals surface area (Å²) in [5.74, 6) is 0.0184. The van der Waals surface area contributed by atoms with Gasteiger partial charge in [0.25, 0.3) is 5.91 Å². The van der Waals surface area contributed by atoms with E-state index in [-0.39, 0.29) is 5.91 Å². The average molecular weight is 312 g/mol. The molecule has 0 fully saturated rings. The van der Waals surface area contributed by atoms with Crippen molar-refractivity contribution in [1.82, 2.24) is 5.32 Å². The first-order valence-corrected chi connectivity index (χ1v) is 7.57. The van der Waals surface area contributed by atoms with E-state index >= 15 is 0 Å². The molecule has 0 unspecified atom stereocenters. The smallest absolute Gasteiger partial charge is 0.251 e. The number of carbonyl (C=O) groups excluding carboxylic acids is 1. The van der Waals surface area contributed by atoms with Crippen molar-refractivity contribution < 1.29 is 4.79 Å². The fourth-order valence-corrected chi connectivity index (χ4v) is 2.24. The van der Waals surface area contributed by atoms with E-state index in [1.807, 2.05) is 24.3 Å². The molecule has 2 nitrogen and oxygen atoms in total. The van der Waals surface area contributed by atoms with Gasteiger partial charge in [-0.1, -0.05) is 61.0 Å². The van der Waals surface area contributed by atoms with Gasteiger partial charge >= 0.3 is 0 Å². The highest BCUT2D eigenvalue weighted by atomic mass is 79.9. The summed E-state index contributed by atoms with van der Waals surface area (Å²) in [6.07, 6.45) is 7.48. The normalized spacial score (nSPS) is 10.3. The van der Waals surface area contributed by atoms with E-state index in [0.717, 1.165) is 23.0 Å². The summed E-state index contributed by atoms with van der Waals surface area (Å²) in [6.45, 7) is 3.00. The van der Waals surface area contributed by atoms with Crippen LogP contribution < -0.4 is 5.32 Å². The molecular formula is C15H22BrNO. The number of amides is 1. The minimum Gasteiger partial charge on any atom is -0.352 e. The third kappa shape index (κ3) is 6.20. The maximum absolute atomic E-state index is 11.8. The number of halogens is 1. The summed E-state index contributed by atoms with van der Waals surface area (Å²) >= 11 is 3.37. The van der Waals surface area contributed by atoms with Gasteiger partial charge in [-0.2, -0.15) is 0 Å². The molecule has 0 aromatic heterocycles. The summed E-state index contributed by atoms with van der Waals surface area (Å²) in [4.78, 5) is 11.8. The van der Waals surface area contributed by atoms with Crippen LogP contribution in [0, 0.1) is 0 Å². The molecule has 1 aromatic carbocycles. The van der Waals surface area contributed by atoms with E-state index in [0.29, 0.717) is 0 Å². The molecule has 0 aliphatic heterocycles. The Morgan fingerprint density at radius 1 is 1.17 bits per heavy atom. The monoisotopic (exact) mass is 311 g/mol. The summed E-state index contributed by atoms with van der Waals surface area (Å²) < 4.78 is 0.940. The van der Waals surface area contributed by atoms with Crippen LogP contribution in [0.4, 0.5) is 0 Å². The quantitative estimate of drug-likeness (QED) is 0.702. The van der Waals surface area contributed by atoms with E-state index < -0.39 is 0 Å².